The molecule has 2 aliphatic rings. The second kappa shape index (κ2) is 9.88. The van der Waals surface area contributed by atoms with Gasteiger partial charge in [-0.15, -0.1) is 0 Å². The van der Waals surface area contributed by atoms with Gasteiger partial charge in [0.1, 0.15) is 0 Å². The summed E-state index contributed by atoms with van der Waals surface area (Å²) < 4.78 is 0. The lowest BCUT2D eigenvalue weighted by atomic mass is 9.54. The van der Waals surface area contributed by atoms with Crippen LogP contribution in [0.3, 0.4) is 0 Å². The second-order valence-corrected chi connectivity index (χ2v) is 9.32. The normalized spacial score (nSPS) is 25.6. The van der Waals surface area contributed by atoms with E-state index in [4.69, 9.17) is 5.73 Å². The summed E-state index contributed by atoms with van der Waals surface area (Å²) in [6, 6.07) is 19.2. The van der Waals surface area contributed by atoms with Crippen molar-refractivity contribution in [2.45, 2.75) is 38.5 Å². The van der Waals surface area contributed by atoms with Crippen molar-refractivity contribution in [3.63, 3.8) is 0 Å². The fourth-order valence-electron chi connectivity index (χ4n) is 6.22. The molecule has 2 unspecified atom stereocenters. The van der Waals surface area contributed by atoms with Crippen LogP contribution in [0.5, 0.6) is 0 Å². The molecule has 1 saturated carbocycles. The van der Waals surface area contributed by atoms with Crippen LogP contribution in [-0.2, 0) is 0 Å². The maximum absolute atomic E-state index is 13.7. The topological polar surface area (TPSA) is 72.2 Å². The Bertz CT molecular complexity index is 810. The Morgan fingerprint density at radius 1 is 0.806 bits per heavy atom. The summed E-state index contributed by atoms with van der Waals surface area (Å²) in [7, 11) is 0. The van der Waals surface area contributed by atoms with Crippen molar-refractivity contribution in [1.29, 1.82) is 0 Å². The van der Waals surface area contributed by atoms with Gasteiger partial charge in [0.15, 0.2) is 11.6 Å². The van der Waals surface area contributed by atoms with Gasteiger partial charge >= 0.3 is 0 Å². The number of rotatable bonds is 7. The number of carbonyl (C=O) groups excluding carboxylic acids is 2. The van der Waals surface area contributed by atoms with Gasteiger partial charge in [-0.1, -0.05) is 79.9 Å². The van der Waals surface area contributed by atoms with E-state index < -0.39 is 0 Å². The van der Waals surface area contributed by atoms with E-state index >= 15 is 0 Å². The van der Waals surface area contributed by atoms with E-state index in [0.29, 0.717) is 19.6 Å². The summed E-state index contributed by atoms with van der Waals surface area (Å²) in [5.74, 6) is -0.0915. The van der Waals surface area contributed by atoms with E-state index in [1.54, 1.807) is 0 Å². The Labute approximate surface area is 185 Å². The highest BCUT2D eigenvalue weighted by Crippen LogP contribution is 2.52. The Balaban J connectivity index is 1.76. The van der Waals surface area contributed by atoms with Crippen LogP contribution in [0.4, 0.5) is 0 Å². The monoisotopic (exact) mass is 418 g/mol. The minimum absolute atomic E-state index is 0.0120. The minimum atomic E-state index is -0.210. The average molecular weight is 419 g/mol. The molecule has 1 aliphatic carbocycles. The van der Waals surface area contributed by atoms with Gasteiger partial charge < -0.3 is 11.1 Å². The molecule has 0 spiro atoms. The zero-order valence-corrected chi connectivity index (χ0v) is 18.3. The number of piperidine rings is 1. The summed E-state index contributed by atoms with van der Waals surface area (Å²) in [5, 5.41) is 3.44. The number of hydrogen-bond donors (Lipinski definition) is 2. The summed E-state index contributed by atoms with van der Waals surface area (Å²) in [6.07, 6.45) is 6.55. The number of hydrogen-bond acceptors (Lipinski definition) is 4. The van der Waals surface area contributed by atoms with Crippen LogP contribution < -0.4 is 11.1 Å². The maximum Gasteiger partial charge on any atom is 0.167 e. The SMILES string of the molecule is NCCC1(C2C(C(=O)c3ccccc3)CNCC2C(=O)c2ccccc2)CCCCC1. The maximum atomic E-state index is 13.7. The number of nitrogens with one attached hydrogen (secondary N) is 1. The van der Waals surface area contributed by atoms with E-state index in [0.717, 1.165) is 43.2 Å². The van der Waals surface area contributed by atoms with Crippen molar-refractivity contribution in [3.8, 4) is 0 Å². The van der Waals surface area contributed by atoms with Gasteiger partial charge in [0, 0.05) is 36.1 Å². The largest absolute Gasteiger partial charge is 0.330 e. The van der Waals surface area contributed by atoms with Crippen LogP contribution in [0.25, 0.3) is 0 Å². The molecule has 2 aromatic carbocycles. The quantitative estimate of drug-likeness (QED) is 0.649. The number of Topliss-reactive ketones (excluding diaryl/α,β-unsaturated/α-hetero) is 2. The lowest BCUT2D eigenvalue weighted by Crippen LogP contribution is -2.56. The summed E-state index contributed by atoms with van der Waals surface area (Å²) in [4.78, 5) is 27.4. The first-order chi connectivity index (χ1) is 15.2. The molecule has 4 nitrogen and oxygen atoms in total. The standard InChI is InChI=1S/C27H34N2O2/c28-17-16-27(14-8-3-9-15-27)24-22(25(30)20-10-4-1-5-11-20)18-29-19-23(24)26(31)21-12-6-2-7-13-21/h1-2,4-7,10-13,22-24,29H,3,8-9,14-19,28H2. The van der Waals surface area contributed by atoms with Crippen molar-refractivity contribution in [3.05, 3.63) is 71.8 Å². The Kier molecular flexibility index (Phi) is 6.99. The lowest BCUT2D eigenvalue weighted by molar-refractivity contribution is -0.00280. The summed E-state index contributed by atoms with van der Waals surface area (Å²) in [6.45, 7) is 1.86. The third-order valence-electron chi connectivity index (χ3n) is 7.58. The molecule has 1 aliphatic heterocycles. The van der Waals surface area contributed by atoms with Crippen molar-refractivity contribution < 1.29 is 9.59 Å². The van der Waals surface area contributed by atoms with E-state index in [1.807, 2.05) is 60.7 Å². The molecule has 2 fully saturated rings. The van der Waals surface area contributed by atoms with Crippen LogP contribution in [0, 0.1) is 23.2 Å². The van der Waals surface area contributed by atoms with Crippen LogP contribution in [0.15, 0.2) is 60.7 Å². The zero-order valence-electron chi connectivity index (χ0n) is 18.3. The first kappa shape index (κ1) is 21.9. The number of benzene rings is 2. The minimum Gasteiger partial charge on any atom is -0.330 e. The van der Waals surface area contributed by atoms with Crippen molar-refractivity contribution in [1.82, 2.24) is 5.32 Å². The molecule has 4 rings (SSSR count). The first-order valence-electron chi connectivity index (χ1n) is 11.8. The predicted molar refractivity (Wildman–Crippen MR) is 124 cm³/mol. The molecule has 0 aromatic heterocycles. The fraction of sp³-hybridized carbons (Fsp3) is 0.481. The van der Waals surface area contributed by atoms with Crippen molar-refractivity contribution >= 4 is 11.6 Å². The molecule has 2 atom stereocenters. The smallest absolute Gasteiger partial charge is 0.167 e. The van der Waals surface area contributed by atoms with Crippen LogP contribution in [0.1, 0.15) is 59.2 Å². The highest BCUT2D eigenvalue weighted by Gasteiger charge is 2.52. The average Bonchev–Trinajstić information content (AvgIpc) is 2.84. The van der Waals surface area contributed by atoms with Gasteiger partial charge in [-0.05, 0) is 37.1 Å². The molecule has 0 bridgehead atoms. The molecule has 0 radical (unpaired) electrons. The Morgan fingerprint density at radius 3 is 1.74 bits per heavy atom. The summed E-state index contributed by atoms with van der Waals surface area (Å²) in [5.41, 5.74) is 7.57. The number of ketones is 2. The second-order valence-electron chi connectivity index (χ2n) is 9.32. The molecule has 2 aromatic rings. The highest BCUT2D eigenvalue weighted by atomic mass is 16.1. The van der Waals surface area contributed by atoms with Crippen molar-refractivity contribution in [2.24, 2.45) is 28.9 Å². The predicted octanol–water partition coefficient (Wildman–Crippen LogP) is 4.50. The molecule has 0 amide bonds. The van der Waals surface area contributed by atoms with Gasteiger partial charge in [-0.2, -0.15) is 0 Å². The van der Waals surface area contributed by atoms with E-state index in [2.05, 4.69) is 5.32 Å². The van der Waals surface area contributed by atoms with Crippen LogP contribution in [0.2, 0.25) is 0 Å². The molecular formula is C27H34N2O2. The Hall–Kier alpha value is -2.30. The molecule has 1 heterocycles. The molecule has 3 N–H and O–H groups in total. The third-order valence-corrected chi connectivity index (χ3v) is 7.58. The molecule has 1 saturated heterocycles. The van der Waals surface area contributed by atoms with E-state index in [-0.39, 0.29) is 34.7 Å². The van der Waals surface area contributed by atoms with E-state index in [9.17, 15) is 9.59 Å². The van der Waals surface area contributed by atoms with E-state index in [1.165, 1.54) is 6.42 Å². The highest BCUT2D eigenvalue weighted by molar-refractivity contribution is 6.01. The Morgan fingerprint density at radius 2 is 1.29 bits per heavy atom. The third kappa shape index (κ3) is 4.51. The number of carbonyl (C=O) groups is 2. The van der Waals surface area contributed by atoms with Crippen LogP contribution in [-0.4, -0.2) is 31.2 Å². The summed E-state index contributed by atoms with van der Waals surface area (Å²) >= 11 is 0. The fourth-order valence-corrected chi connectivity index (χ4v) is 6.22. The van der Waals surface area contributed by atoms with Gasteiger partial charge in [0.25, 0.3) is 0 Å². The van der Waals surface area contributed by atoms with Gasteiger partial charge in [-0.3, -0.25) is 9.59 Å². The molecule has 4 heteroatoms. The van der Waals surface area contributed by atoms with Gasteiger partial charge in [0.05, 0.1) is 0 Å². The molecule has 164 valence electrons. The molecule has 31 heavy (non-hydrogen) atoms. The zero-order chi connectivity index (χ0) is 21.7. The lowest BCUT2D eigenvalue weighted by Gasteiger charge is -2.51. The first-order valence-corrected chi connectivity index (χ1v) is 11.8. The molecular weight excluding hydrogens is 384 g/mol. The van der Waals surface area contributed by atoms with Crippen LogP contribution >= 0.6 is 0 Å². The van der Waals surface area contributed by atoms with Crippen molar-refractivity contribution in [2.75, 3.05) is 19.6 Å². The number of nitrogens with two attached hydrogens (primary N) is 1. The van der Waals surface area contributed by atoms with Gasteiger partial charge in [-0.25, -0.2) is 0 Å². The van der Waals surface area contributed by atoms with Gasteiger partial charge in [0.2, 0.25) is 0 Å².